The summed E-state index contributed by atoms with van der Waals surface area (Å²) in [7, 11) is 0. The van der Waals surface area contributed by atoms with Crippen molar-refractivity contribution in [1.82, 2.24) is 20.4 Å². The Kier molecular flexibility index (Phi) is 5.01. The zero-order chi connectivity index (χ0) is 13.7. The van der Waals surface area contributed by atoms with Crippen LogP contribution in [-0.2, 0) is 4.79 Å². The average Bonchev–Trinajstić information content (AvgIpc) is 2.48. The van der Waals surface area contributed by atoms with Crippen molar-refractivity contribution in [3.05, 3.63) is 0 Å². The number of hydrogen-bond acceptors (Lipinski definition) is 3. The van der Waals surface area contributed by atoms with Crippen molar-refractivity contribution in [2.24, 2.45) is 0 Å². The Hall–Kier alpha value is -1.30. The Morgan fingerprint density at radius 3 is 2.42 bits per heavy atom. The predicted molar refractivity (Wildman–Crippen MR) is 72.9 cm³/mol. The molecule has 2 aliphatic rings. The maximum atomic E-state index is 12.3. The molecule has 2 saturated heterocycles. The molecule has 0 radical (unpaired) electrons. The van der Waals surface area contributed by atoms with Gasteiger partial charge in [0, 0.05) is 32.7 Å². The number of hydrogen-bond donors (Lipinski definition) is 2. The second-order valence-electron chi connectivity index (χ2n) is 5.15. The molecule has 6 nitrogen and oxygen atoms in total. The van der Waals surface area contributed by atoms with Crippen molar-refractivity contribution in [3.63, 3.8) is 0 Å². The molecule has 0 unspecified atom stereocenters. The molecule has 0 bridgehead atoms. The van der Waals surface area contributed by atoms with Gasteiger partial charge in [-0.25, -0.2) is 4.79 Å². The Morgan fingerprint density at radius 1 is 1.16 bits per heavy atom. The van der Waals surface area contributed by atoms with Crippen molar-refractivity contribution >= 4 is 11.9 Å². The summed E-state index contributed by atoms with van der Waals surface area (Å²) in [6.45, 7) is 6.04. The summed E-state index contributed by atoms with van der Waals surface area (Å²) >= 11 is 0. The lowest BCUT2D eigenvalue weighted by Gasteiger charge is -2.37. The molecule has 0 aromatic heterocycles. The smallest absolute Gasteiger partial charge is 0.317 e. The molecule has 2 N–H and O–H groups in total. The topological polar surface area (TPSA) is 64.7 Å². The third-order valence-electron chi connectivity index (χ3n) is 3.81. The number of carbonyl (C=O) groups is 2. The molecular weight excluding hydrogens is 244 g/mol. The van der Waals surface area contributed by atoms with Crippen LogP contribution in [0.1, 0.15) is 26.2 Å². The molecule has 0 aromatic carbocycles. The van der Waals surface area contributed by atoms with Crippen LogP contribution in [0.4, 0.5) is 4.79 Å². The number of urea groups is 1. The zero-order valence-corrected chi connectivity index (χ0v) is 11.7. The van der Waals surface area contributed by atoms with E-state index in [0.29, 0.717) is 32.7 Å². The summed E-state index contributed by atoms with van der Waals surface area (Å²) in [6.07, 6.45) is 3.23. The molecular formula is C13H24N4O2. The molecule has 2 heterocycles. The van der Waals surface area contributed by atoms with Gasteiger partial charge in [0.2, 0.25) is 5.91 Å². The summed E-state index contributed by atoms with van der Waals surface area (Å²) < 4.78 is 0. The number of nitrogens with zero attached hydrogens (tertiary/aromatic N) is 2. The fourth-order valence-electron chi connectivity index (χ4n) is 2.68. The largest absolute Gasteiger partial charge is 0.338 e. The molecule has 6 heteroatoms. The van der Waals surface area contributed by atoms with Gasteiger partial charge in [-0.05, 0) is 26.3 Å². The highest BCUT2D eigenvalue weighted by molar-refractivity contribution is 5.82. The van der Waals surface area contributed by atoms with E-state index in [2.05, 4.69) is 10.6 Å². The number of piperazine rings is 1. The van der Waals surface area contributed by atoms with Gasteiger partial charge in [0.25, 0.3) is 0 Å². The minimum absolute atomic E-state index is 0.00947. The monoisotopic (exact) mass is 268 g/mol. The van der Waals surface area contributed by atoms with Gasteiger partial charge in [0.1, 0.15) is 0 Å². The first-order chi connectivity index (χ1) is 9.22. The van der Waals surface area contributed by atoms with Crippen molar-refractivity contribution in [1.29, 1.82) is 0 Å². The minimum atomic E-state index is -0.0228. The van der Waals surface area contributed by atoms with Crippen LogP contribution in [-0.4, -0.2) is 67.0 Å². The number of nitrogens with one attached hydrogen (secondary N) is 2. The Balaban J connectivity index is 1.79. The van der Waals surface area contributed by atoms with Gasteiger partial charge in [-0.2, -0.15) is 0 Å². The summed E-state index contributed by atoms with van der Waals surface area (Å²) in [5.41, 5.74) is 0. The van der Waals surface area contributed by atoms with E-state index in [1.807, 2.05) is 11.8 Å². The van der Waals surface area contributed by atoms with Crippen LogP contribution in [0.3, 0.4) is 0 Å². The lowest BCUT2D eigenvalue weighted by molar-refractivity contribution is -0.135. The SMILES string of the molecule is CCNC(=O)N1CCN(C(=O)[C@@H]2CCCCN2)CC1. The molecule has 0 saturated carbocycles. The first-order valence-electron chi connectivity index (χ1n) is 7.27. The third-order valence-corrected chi connectivity index (χ3v) is 3.81. The van der Waals surface area contributed by atoms with Crippen LogP contribution < -0.4 is 10.6 Å². The van der Waals surface area contributed by atoms with E-state index in [4.69, 9.17) is 0 Å². The van der Waals surface area contributed by atoms with Crippen molar-refractivity contribution in [3.8, 4) is 0 Å². The van der Waals surface area contributed by atoms with Crippen molar-refractivity contribution in [2.75, 3.05) is 39.3 Å². The van der Waals surface area contributed by atoms with Crippen LogP contribution in [0, 0.1) is 0 Å². The molecule has 108 valence electrons. The Bertz CT molecular complexity index is 321. The normalized spacial score (nSPS) is 24.2. The summed E-state index contributed by atoms with van der Waals surface area (Å²) in [5.74, 6) is 0.204. The molecule has 2 fully saturated rings. The number of piperidine rings is 1. The summed E-state index contributed by atoms with van der Waals surface area (Å²) in [6, 6.07) is -0.0323. The summed E-state index contributed by atoms with van der Waals surface area (Å²) in [5, 5.41) is 6.08. The van der Waals surface area contributed by atoms with Gasteiger partial charge in [-0.15, -0.1) is 0 Å². The standard InChI is InChI=1S/C13H24N4O2/c1-2-14-13(19)17-9-7-16(8-10-17)12(18)11-5-3-4-6-15-11/h11,15H,2-10H2,1H3,(H,14,19)/t11-/m0/s1. The quantitative estimate of drug-likeness (QED) is 0.741. The van der Waals surface area contributed by atoms with Crippen LogP contribution in [0.5, 0.6) is 0 Å². The molecule has 0 aromatic rings. The zero-order valence-electron chi connectivity index (χ0n) is 11.7. The Morgan fingerprint density at radius 2 is 1.84 bits per heavy atom. The molecule has 1 atom stereocenters. The van der Waals surface area contributed by atoms with Crippen molar-refractivity contribution < 1.29 is 9.59 Å². The van der Waals surface area contributed by atoms with Gasteiger partial charge in [-0.1, -0.05) is 6.42 Å². The molecule has 0 aliphatic carbocycles. The molecule has 2 rings (SSSR count). The lowest BCUT2D eigenvalue weighted by Crippen LogP contribution is -2.57. The number of amides is 3. The number of carbonyl (C=O) groups excluding carboxylic acids is 2. The van der Waals surface area contributed by atoms with Gasteiger partial charge in [-0.3, -0.25) is 4.79 Å². The fraction of sp³-hybridized carbons (Fsp3) is 0.846. The van der Waals surface area contributed by atoms with E-state index >= 15 is 0 Å². The van der Waals surface area contributed by atoms with E-state index in [0.717, 1.165) is 25.8 Å². The van der Waals surface area contributed by atoms with E-state index in [1.165, 1.54) is 0 Å². The number of rotatable bonds is 2. The van der Waals surface area contributed by atoms with Gasteiger partial charge in [0.15, 0.2) is 0 Å². The summed E-state index contributed by atoms with van der Waals surface area (Å²) in [4.78, 5) is 27.6. The molecule has 3 amide bonds. The van der Waals surface area contributed by atoms with Gasteiger partial charge < -0.3 is 20.4 Å². The van der Waals surface area contributed by atoms with Crippen LogP contribution in [0.2, 0.25) is 0 Å². The highest BCUT2D eigenvalue weighted by Crippen LogP contribution is 2.11. The van der Waals surface area contributed by atoms with Crippen LogP contribution in [0.25, 0.3) is 0 Å². The molecule has 2 aliphatic heterocycles. The highest BCUT2D eigenvalue weighted by atomic mass is 16.2. The minimum Gasteiger partial charge on any atom is -0.338 e. The first kappa shape index (κ1) is 14.1. The molecule has 19 heavy (non-hydrogen) atoms. The van der Waals surface area contributed by atoms with Crippen LogP contribution in [0.15, 0.2) is 0 Å². The van der Waals surface area contributed by atoms with E-state index < -0.39 is 0 Å². The Labute approximate surface area is 114 Å². The predicted octanol–water partition coefficient (Wildman–Crippen LogP) is 0.00220. The average molecular weight is 268 g/mol. The van der Waals surface area contributed by atoms with E-state index in [1.54, 1.807) is 4.90 Å². The van der Waals surface area contributed by atoms with Gasteiger partial charge in [0.05, 0.1) is 6.04 Å². The second-order valence-corrected chi connectivity index (χ2v) is 5.15. The lowest BCUT2D eigenvalue weighted by atomic mass is 10.0. The second kappa shape index (κ2) is 6.75. The van der Waals surface area contributed by atoms with E-state index in [-0.39, 0.29) is 18.0 Å². The first-order valence-corrected chi connectivity index (χ1v) is 7.27. The van der Waals surface area contributed by atoms with Gasteiger partial charge >= 0.3 is 6.03 Å². The van der Waals surface area contributed by atoms with E-state index in [9.17, 15) is 9.59 Å². The van der Waals surface area contributed by atoms with Crippen LogP contribution >= 0.6 is 0 Å². The maximum absolute atomic E-state index is 12.3. The third kappa shape index (κ3) is 3.59. The van der Waals surface area contributed by atoms with Crippen molar-refractivity contribution in [2.45, 2.75) is 32.2 Å². The molecule has 0 spiro atoms. The maximum Gasteiger partial charge on any atom is 0.317 e. The fourth-order valence-corrected chi connectivity index (χ4v) is 2.68. The highest BCUT2D eigenvalue weighted by Gasteiger charge is 2.29.